The zero-order chi connectivity index (χ0) is 12.0. The van der Waals surface area contributed by atoms with E-state index >= 15 is 0 Å². The van der Waals surface area contributed by atoms with E-state index in [0.717, 1.165) is 5.82 Å². The van der Waals surface area contributed by atoms with Gasteiger partial charge in [-0.15, -0.1) is 0 Å². The summed E-state index contributed by atoms with van der Waals surface area (Å²) in [7, 11) is 0. The highest BCUT2D eigenvalue weighted by atomic mass is 79.9. The maximum atomic E-state index is 4.59. The van der Waals surface area contributed by atoms with E-state index in [1.807, 2.05) is 6.20 Å². The van der Waals surface area contributed by atoms with Gasteiger partial charge in [0, 0.05) is 23.1 Å². The molecule has 0 aromatic carbocycles. The molecule has 0 aliphatic carbocycles. The second kappa shape index (κ2) is 4.54. The molecule has 3 rings (SSSR count). The largest absolute Gasteiger partial charge is 0.350 e. The third-order valence-corrected chi connectivity index (χ3v) is 5.71. The van der Waals surface area contributed by atoms with Crippen LogP contribution in [0.4, 0.5) is 5.82 Å². The van der Waals surface area contributed by atoms with Crippen LogP contribution in [0.1, 0.15) is 31.2 Å². The maximum Gasteiger partial charge on any atom is 0.143 e. The number of rotatable bonds is 1. The van der Waals surface area contributed by atoms with Crippen LogP contribution in [0.25, 0.3) is 0 Å². The molecule has 0 radical (unpaired) electrons. The summed E-state index contributed by atoms with van der Waals surface area (Å²) in [5, 5.41) is 0. The summed E-state index contributed by atoms with van der Waals surface area (Å²) in [6.45, 7) is 2.13. The molecule has 1 aromatic rings. The standard InChI is InChI=1S/C13H16Br2N2/c1-8-4-5-16-13(12(8)15)17-10-2-3-11(17)7-9(14)6-10/h4-5,9-11H,2-3,6-7H2,1H3. The molecule has 2 unspecified atom stereocenters. The van der Waals surface area contributed by atoms with Gasteiger partial charge in [0.1, 0.15) is 5.82 Å². The SMILES string of the molecule is Cc1ccnc(N2C3CCC2CC(Br)C3)c1Br. The van der Waals surface area contributed by atoms with Crippen molar-refractivity contribution >= 4 is 37.7 Å². The summed E-state index contributed by atoms with van der Waals surface area (Å²) in [4.78, 5) is 7.84. The molecule has 2 aliphatic heterocycles. The predicted molar refractivity (Wildman–Crippen MR) is 77.9 cm³/mol. The fraction of sp³-hybridized carbons (Fsp3) is 0.615. The van der Waals surface area contributed by atoms with Gasteiger partial charge >= 0.3 is 0 Å². The lowest BCUT2D eigenvalue weighted by atomic mass is 10.0. The van der Waals surface area contributed by atoms with Gasteiger partial charge in [-0.3, -0.25) is 0 Å². The molecule has 2 atom stereocenters. The number of alkyl halides is 1. The third kappa shape index (κ3) is 2.03. The van der Waals surface area contributed by atoms with Gasteiger partial charge in [-0.05, 0) is 60.2 Å². The molecule has 2 fully saturated rings. The lowest BCUT2D eigenvalue weighted by Gasteiger charge is -2.38. The Kier molecular flexibility index (Phi) is 3.20. The van der Waals surface area contributed by atoms with E-state index in [9.17, 15) is 0 Å². The molecule has 17 heavy (non-hydrogen) atoms. The zero-order valence-electron chi connectivity index (χ0n) is 9.87. The van der Waals surface area contributed by atoms with Gasteiger partial charge < -0.3 is 4.90 Å². The Morgan fingerprint density at radius 3 is 2.59 bits per heavy atom. The molecule has 2 aliphatic rings. The molecule has 0 amide bonds. The number of hydrogen-bond acceptors (Lipinski definition) is 2. The van der Waals surface area contributed by atoms with Gasteiger partial charge in [-0.25, -0.2) is 4.98 Å². The van der Waals surface area contributed by atoms with Gasteiger partial charge in [0.25, 0.3) is 0 Å². The first-order valence-electron chi connectivity index (χ1n) is 6.20. The van der Waals surface area contributed by atoms with Crippen LogP contribution >= 0.6 is 31.9 Å². The summed E-state index contributed by atoms with van der Waals surface area (Å²) in [6, 6.07) is 3.40. The number of aromatic nitrogens is 1. The van der Waals surface area contributed by atoms with Crippen LogP contribution in [0.5, 0.6) is 0 Å². The second-order valence-electron chi connectivity index (χ2n) is 5.13. The first-order valence-corrected chi connectivity index (χ1v) is 7.91. The Balaban J connectivity index is 1.97. The Bertz CT molecular complexity index is 421. The smallest absolute Gasteiger partial charge is 0.143 e. The molecule has 0 N–H and O–H groups in total. The van der Waals surface area contributed by atoms with E-state index in [2.05, 4.69) is 54.7 Å². The number of aryl methyl sites for hydroxylation is 1. The zero-order valence-corrected chi connectivity index (χ0v) is 13.0. The summed E-state index contributed by atoms with van der Waals surface area (Å²) in [6.07, 6.45) is 7.05. The summed E-state index contributed by atoms with van der Waals surface area (Å²) in [5.41, 5.74) is 1.27. The number of halogens is 2. The first kappa shape index (κ1) is 12.0. The van der Waals surface area contributed by atoms with Crippen LogP contribution in [-0.4, -0.2) is 21.9 Å². The molecular weight excluding hydrogens is 344 g/mol. The topological polar surface area (TPSA) is 16.1 Å². The van der Waals surface area contributed by atoms with Gasteiger partial charge in [0.15, 0.2) is 0 Å². The lowest BCUT2D eigenvalue weighted by molar-refractivity contribution is 0.478. The molecule has 3 heterocycles. The minimum absolute atomic E-state index is 0.670. The van der Waals surface area contributed by atoms with Gasteiger partial charge in [-0.1, -0.05) is 15.9 Å². The van der Waals surface area contributed by atoms with Crippen molar-refractivity contribution in [3.8, 4) is 0 Å². The van der Waals surface area contributed by atoms with Crippen molar-refractivity contribution in [2.45, 2.75) is 49.5 Å². The van der Waals surface area contributed by atoms with Crippen molar-refractivity contribution in [1.82, 2.24) is 4.98 Å². The van der Waals surface area contributed by atoms with Gasteiger partial charge in [0.05, 0.1) is 4.47 Å². The van der Waals surface area contributed by atoms with E-state index in [1.165, 1.54) is 35.7 Å². The Morgan fingerprint density at radius 2 is 1.94 bits per heavy atom. The van der Waals surface area contributed by atoms with Crippen LogP contribution in [0, 0.1) is 6.92 Å². The van der Waals surface area contributed by atoms with Crippen molar-refractivity contribution in [2.75, 3.05) is 4.90 Å². The first-order chi connectivity index (χ1) is 8.16. The van der Waals surface area contributed by atoms with E-state index in [0.29, 0.717) is 16.9 Å². The van der Waals surface area contributed by atoms with Crippen molar-refractivity contribution in [3.63, 3.8) is 0 Å². The quantitative estimate of drug-likeness (QED) is 0.703. The van der Waals surface area contributed by atoms with E-state index in [-0.39, 0.29) is 0 Å². The Hall–Kier alpha value is -0.0900. The lowest BCUT2D eigenvalue weighted by Crippen LogP contribution is -2.44. The molecule has 92 valence electrons. The number of piperidine rings is 1. The van der Waals surface area contributed by atoms with Crippen molar-refractivity contribution in [2.24, 2.45) is 0 Å². The van der Waals surface area contributed by atoms with Crippen molar-refractivity contribution in [1.29, 1.82) is 0 Å². The molecule has 2 bridgehead atoms. The average Bonchev–Trinajstić information content (AvgIpc) is 2.55. The summed E-state index contributed by atoms with van der Waals surface area (Å²) >= 11 is 7.48. The van der Waals surface area contributed by atoms with E-state index in [1.54, 1.807) is 0 Å². The van der Waals surface area contributed by atoms with Crippen LogP contribution < -0.4 is 4.90 Å². The van der Waals surface area contributed by atoms with E-state index < -0.39 is 0 Å². The predicted octanol–water partition coefficient (Wildman–Crippen LogP) is 4.05. The molecule has 1 aromatic heterocycles. The fourth-order valence-electron chi connectivity index (χ4n) is 3.16. The highest BCUT2D eigenvalue weighted by Crippen LogP contribution is 2.43. The number of nitrogens with zero attached hydrogens (tertiary/aromatic N) is 2. The van der Waals surface area contributed by atoms with E-state index in [4.69, 9.17) is 0 Å². The fourth-order valence-corrected chi connectivity index (χ4v) is 4.46. The number of fused-ring (bicyclic) bond motifs is 2. The maximum absolute atomic E-state index is 4.59. The molecule has 0 saturated carbocycles. The van der Waals surface area contributed by atoms with Gasteiger partial charge in [-0.2, -0.15) is 0 Å². The molecular formula is C13H16Br2N2. The van der Waals surface area contributed by atoms with Gasteiger partial charge in [0.2, 0.25) is 0 Å². The summed E-state index contributed by atoms with van der Waals surface area (Å²) in [5.74, 6) is 1.15. The monoisotopic (exact) mass is 358 g/mol. The average molecular weight is 360 g/mol. The van der Waals surface area contributed by atoms with Crippen LogP contribution in [0.15, 0.2) is 16.7 Å². The van der Waals surface area contributed by atoms with Crippen LogP contribution in [0.2, 0.25) is 0 Å². The van der Waals surface area contributed by atoms with Crippen LogP contribution in [-0.2, 0) is 0 Å². The minimum atomic E-state index is 0.670. The third-order valence-electron chi connectivity index (χ3n) is 3.98. The minimum Gasteiger partial charge on any atom is -0.350 e. The van der Waals surface area contributed by atoms with Crippen molar-refractivity contribution < 1.29 is 0 Å². The van der Waals surface area contributed by atoms with Crippen LogP contribution in [0.3, 0.4) is 0 Å². The second-order valence-corrected chi connectivity index (χ2v) is 7.21. The highest BCUT2D eigenvalue weighted by Gasteiger charge is 2.41. The number of hydrogen-bond donors (Lipinski definition) is 0. The number of anilines is 1. The molecule has 2 nitrogen and oxygen atoms in total. The molecule has 4 heteroatoms. The number of pyridine rings is 1. The molecule has 2 saturated heterocycles. The Labute approximate surface area is 119 Å². The summed E-state index contributed by atoms with van der Waals surface area (Å²) < 4.78 is 1.17. The normalized spacial score (nSPS) is 31.9. The Morgan fingerprint density at radius 1 is 1.29 bits per heavy atom. The molecule has 0 spiro atoms. The highest BCUT2D eigenvalue weighted by molar-refractivity contribution is 9.10. The van der Waals surface area contributed by atoms with Crippen molar-refractivity contribution in [3.05, 3.63) is 22.3 Å².